The lowest BCUT2D eigenvalue weighted by Crippen LogP contribution is -2.57. The van der Waals surface area contributed by atoms with Crippen LogP contribution in [0.15, 0.2) is 11.6 Å². The number of carbonyl (C=O) groups is 2. The van der Waals surface area contributed by atoms with Gasteiger partial charge in [-0.25, -0.2) is 0 Å². The molecule has 4 aliphatic carbocycles. The van der Waals surface area contributed by atoms with Gasteiger partial charge in [0.2, 0.25) is 0 Å². The zero-order chi connectivity index (χ0) is 21.9. The molecule has 0 N–H and O–H groups in total. The summed E-state index contributed by atoms with van der Waals surface area (Å²) in [5.74, 6) is 1.03. The van der Waals surface area contributed by atoms with Crippen molar-refractivity contribution in [3.63, 3.8) is 0 Å². The Kier molecular flexibility index (Phi) is 4.33. The van der Waals surface area contributed by atoms with E-state index in [-0.39, 0.29) is 52.3 Å². The van der Waals surface area contributed by atoms with Crippen LogP contribution in [0.1, 0.15) is 66.7 Å². The third-order valence-corrected chi connectivity index (χ3v) is 14.5. The Morgan fingerprint density at radius 1 is 1.17 bits per heavy atom. The number of Topliss-reactive ketones (excluding diaryl/α,β-unsaturated/α-hetero) is 2. The molecule has 4 fully saturated rings. The van der Waals surface area contributed by atoms with Crippen molar-refractivity contribution < 1.29 is 18.8 Å². The van der Waals surface area contributed by atoms with E-state index in [1.54, 1.807) is 0 Å². The SMILES string of the molecule is CC(C)(C)[Si](C)(C)O[C@H]1CC[C@@]2(C)C(=CC[C@H]3[C@@H]4[C@@H]5O[C@@H]5C(=O)[C@@]4(C)CC(=O)[C@@H]32)C1. The Morgan fingerprint density at radius 2 is 1.87 bits per heavy atom. The number of allylic oxidation sites excluding steroid dienone is 1. The van der Waals surface area contributed by atoms with Crippen molar-refractivity contribution in [3.8, 4) is 0 Å². The molecule has 0 amide bonds. The van der Waals surface area contributed by atoms with Crippen LogP contribution in [-0.2, 0) is 18.8 Å². The first-order chi connectivity index (χ1) is 13.8. The van der Waals surface area contributed by atoms with E-state index in [0.717, 1.165) is 25.7 Å². The maximum atomic E-state index is 13.5. The topological polar surface area (TPSA) is 55.9 Å². The number of carbonyl (C=O) groups excluding carboxylic acids is 2. The Labute approximate surface area is 182 Å². The second-order valence-corrected chi connectivity index (χ2v) is 17.5. The van der Waals surface area contributed by atoms with Crippen molar-refractivity contribution in [2.75, 3.05) is 0 Å². The quantitative estimate of drug-likeness (QED) is 0.348. The highest BCUT2D eigenvalue weighted by atomic mass is 28.4. The van der Waals surface area contributed by atoms with Gasteiger partial charge in [-0.05, 0) is 55.1 Å². The zero-order valence-corrected chi connectivity index (χ0v) is 20.7. The summed E-state index contributed by atoms with van der Waals surface area (Å²) in [6.45, 7) is 15.9. The fraction of sp³-hybridized carbons (Fsp3) is 0.840. The molecule has 166 valence electrons. The molecule has 5 rings (SSSR count). The predicted molar refractivity (Wildman–Crippen MR) is 119 cm³/mol. The standard InChI is InChI=1S/C25H38O4Si/c1-23(2,3)30(6,7)29-15-10-11-24(4)14(12-15)8-9-16-18(24)17(26)13-25(5)19(16)20-21(28-20)22(25)27/h8,15-16,18-21H,9-13H2,1-7H3/t15-,16+,18+,19+,20-,21-,24-,25-/m0/s1. The Morgan fingerprint density at radius 3 is 2.53 bits per heavy atom. The fourth-order valence-corrected chi connectivity index (χ4v) is 8.64. The van der Waals surface area contributed by atoms with Gasteiger partial charge in [-0.2, -0.15) is 0 Å². The molecule has 0 unspecified atom stereocenters. The first kappa shape index (κ1) is 21.1. The summed E-state index contributed by atoms with van der Waals surface area (Å²) >= 11 is 0. The molecule has 1 heterocycles. The lowest BCUT2D eigenvalue weighted by molar-refractivity contribution is -0.154. The van der Waals surface area contributed by atoms with Crippen molar-refractivity contribution in [2.24, 2.45) is 28.6 Å². The molecule has 8 atom stereocenters. The van der Waals surface area contributed by atoms with E-state index in [2.05, 4.69) is 46.9 Å². The molecule has 0 aromatic carbocycles. The third-order valence-electron chi connectivity index (χ3n) is 9.97. The molecule has 5 heteroatoms. The largest absolute Gasteiger partial charge is 0.414 e. The van der Waals surface area contributed by atoms with Gasteiger partial charge in [-0.1, -0.05) is 46.3 Å². The summed E-state index contributed by atoms with van der Waals surface area (Å²) in [4.78, 5) is 26.3. The minimum Gasteiger partial charge on any atom is -0.414 e. The average Bonchev–Trinajstić information content (AvgIpc) is 3.35. The molecule has 30 heavy (non-hydrogen) atoms. The van der Waals surface area contributed by atoms with E-state index in [0.29, 0.717) is 12.2 Å². The highest BCUT2D eigenvalue weighted by Gasteiger charge is 2.73. The maximum absolute atomic E-state index is 13.5. The molecule has 0 radical (unpaired) electrons. The van der Waals surface area contributed by atoms with E-state index in [4.69, 9.17) is 9.16 Å². The fourth-order valence-electron chi connectivity index (χ4n) is 7.26. The van der Waals surface area contributed by atoms with Crippen LogP contribution < -0.4 is 0 Å². The lowest BCUT2D eigenvalue weighted by atomic mass is 9.47. The normalized spacial score (nSPS) is 47.8. The number of ether oxygens (including phenoxy) is 1. The highest BCUT2D eigenvalue weighted by Crippen LogP contribution is 2.66. The maximum Gasteiger partial charge on any atom is 0.192 e. The van der Waals surface area contributed by atoms with Gasteiger partial charge >= 0.3 is 0 Å². The number of hydrogen-bond donors (Lipinski definition) is 0. The van der Waals surface area contributed by atoms with Gasteiger partial charge in [0, 0.05) is 29.8 Å². The van der Waals surface area contributed by atoms with Crippen LogP contribution in [-0.4, -0.2) is 38.2 Å². The summed E-state index contributed by atoms with van der Waals surface area (Å²) in [6, 6.07) is 0. The molecular formula is C25H38O4Si. The van der Waals surface area contributed by atoms with E-state index in [1.165, 1.54) is 5.57 Å². The van der Waals surface area contributed by atoms with Crippen molar-refractivity contribution in [2.45, 2.75) is 103 Å². The van der Waals surface area contributed by atoms with Crippen molar-refractivity contribution in [3.05, 3.63) is 11.6 Å². The second-order valence-electron chi connectivity index (χ2n) is 12.7. The van der Waals surface area contributed by atoms with Gasteiger partial charge in [-0.3, -0.25) is 9.59 Å². The van der Waals surface area contributed by atoms with Gasteiger partial charge < -0.3 is 9.16 Å². The van der Waals surface area contributed by atoms with E-state index in [9.17, 15) is 9.59 Å². The second kappa shape index (κ2) is 6.17. The molecule has 0 bridgehead atoms. The van der Waals surface area contributed by atoms with Crippen LogP contribution in [0.25, 0.3) is 0 Å². The summed E-state index contributed by atoms with van der Waals surface area (Å²) in [5, 5.41) is 0.208. The van der Waals surface area contributed by atoms with Crippen molar-refractivity contribution in [1.82, 2.24) is 0 Å². The molecular weight excluding hydrogens is 392 g/mol. The minimum absolute atomic E-state index is 0.0418. The van der Waals surface area contributed by atoms with Crippen LogP contribution in [0, 0.1) is 28.6 Å². The summed E-state index contributed by atoms with van der Waals surface area (Å²) in [7, 11) is -1.81. The van der Waals surface area contributed by atoms with E-state index >= 15 is 0 Å². The van der Waals surface area contributed by atoms with Crippen LogP contribution in [0.5, 0.6) is 0 Å². The van der Waals surface area contributed by atoms with E-state index < -0.39 is 13.7 Å². The van der Waals surface area contributed by atoms with Crippen LogP contribution >= 0.6 is 0 Å². The van der Waals surface area contributed by atoms with Gasteiger partial charge in [-0.15, -0.1) is 0 Å². The summed E-state index contributed by atoms with van der Waals surface area (Å²) in [5.41, 5.74) is 0.870. The molecule has 0 spiro atoms. The molecule has 0 aromatic heterocycles. The molecule has 1 aliphatic heterocycles. The molecule has 3 saturated carbocycles. The van der Waals surface area contributed by atoms with E-state index in [1.807, 2.05) is 6.92 Å². The lowest BCUT2D eigenvalue weighted by Gasteiger charge is -2.56. The molecule has 1 saturated heterocycles. The summed E-state index contributed by atoms with van der Waals surface area (Å²) in [6.07, 6.45) is 6.87. The number of hydrogen-bond acceptors (Lipinski definition) is 4. The van der Waals surface area contributed by atoms with Crippen molar-refractivity contribution in [1.29, 1.82) is 0 Å². The number of rotatable bonds is 2. The number of ketones is 2. The summed E-state index contributed by atoms with van der Waals surface area (Å²) < 4.78 is 12.5. The smallest absolute Gasteiger partial charge is 0.192 e. The Balaban J connectivity index is 1.41. The zero-order valence-electron chi connectivity index (χ0n) is 19.7. The van der Waals surface area contributed by atoms with Gasteiger partial charge in [0.25, 0.3) is 0 Å². The average molecular weight is 431 g/mol. The van der Waals surface area contributed by atoms with Gasteiger partial charge in [0.05, 0.1) is 6.10 Å². The van der Waals surface area contributed by atoms with Crippen LogP contribution in [0.3, 0.4) is 0 Å². The first-order valence-corrected chi connectivity index (χ1v) is 14.8. The predicted octanol–water partition coefficient (Wildman–Crippen LogP) is 5.07. The number of fused-ring (bicyclic) bond motifs is 7. The van der Waals surface area contributed by atoms with Gasteiger partial charge in [0.1, 0.15) is 11.9 Å². The van der Waals surface area contributed by atoms with Crippen LogP contribution in [0.2, 0.25) is 18.1 Å². The Hall–Kier alpha value is -0.783. The van der Waals surface area contributed by atoms with Gasteiger partial charge in [0.15, 0.2) is 14.1 Å². The third kappa shape index (κ3) is 2.70. The highest BCUT2D eigenvalue weighted by molar-refractivity contribution is 6.74. The molecule has 4 nitrogen and oxygen atoms in total. The van der Waals surface area contributed by atoms with Crippen molar-refractivity contribution >= 4 is 19.9 Å². The number of epoxide rings is 1. The molecule has 0 aromatic rings. The monoisotopic (exact) mass is 430 g/mol. The molecule has 5 aliphatic rings. The minimum atomic E-state index is -1.81. The Bertz CT molecular complexity index is 839. The van der Waals surface area contributed by atoms with Crippen LogP contribution in [0.4, 0.5) is 0 Å². The first-order valence-electron chi connectivity index (χ1n) is 11.9.